The lowest BCUT2D eigenvalue weighted by atomic mass is 10.2. The zero-order chi connectivity index (χ0) is 19.2. The van der Waals surface area contributed by atoms with Crippen LogP contribution in [-0.2, 0) is 11.3 Å². The topological polar surface area (TPSA) is 70.5 Å². The largest absolute Gasteiger partial charge is 0.355 e. The minimum atomic E-state index is -0.164. The van der Waals surface area contributed by atoms with Crippen molar-refractivity contribution >= 4 is 16.8 Å². The molecule has 0 radical (unpaired) electrons. The van der Waals surface area contributed by atoms with Gasteiger partial charge in [0.1, 0.15) is 12.4 Å². The molecular formula is C20H29N5O2. The molecule has 0 aliphatic carbocycles. The Hall–Kier alpha value is -2.25. The third-order valence-electron chi connectivity index (χ3n) is 5.17. The molecule has 1 N–H and O–H groups in total. The van der Waals surface area contributed by atoms with Gasteiger partial charge in [0, 0.05) is 32.7 Å². The fourth-order valence-corrected chi connectivity index (χ4v) is 3.42. The summed E-state index contributed by atoms with van der Waals surface area (Å²) in [5, 5.41) is 3.47. The number of nitrogens with one attached hydrogen (secondary N) is 1. The Morgan fingerprint density at radius 1 is 1.15 bits per heavy atom. The van der Waals surface area contributed by atoms with Gasteiger partial charge in [-0.3, -0.25) is 14.2 Å². The van der Waals surface area contributed by atoms with Gasteiger partial charge in [-0.2, -0.15) is 0 Å². The van der Waals surface area contributed by atoms with E-state index in [0.29, 0.717) is 23.3 Å². The van der Waals surface area contributed by atoms with Crippen LogP contribution in [-0.4, -0.2) is 71.6 Å². The second-order valence-corrected chi connectivity index (χ2v) is 7.27. The van der Waals surface area contributed by atoms with Gasteiger partial charge in [0.2, 0.25) is 5.91 Å². The van der Waals surface area contributed by atoms with E-state index in [-0.39, 0.29) is 18.0 Å². The van der Waals surface area contributed by atoms with Crippen LogP contribution in [0.5, 0.6) is 0 Å². The van der Waals surface area contributed by atoms with Crippen molar-refractivity contribution in [1.29, 1.82) is 0 Å². The molecule has 1 aliphatic heterocycles. The standard InChI is InChI=1S/C20H29N5O2/c1-16-22-18-8-4-3-7-17(18)20(27)25(16)15-19(26)21-9-5-6-10-24-13-11-23(2)12-14-24/h3-4,7-8H,5-6,9-15H2,1-2H3,(H,21,26). The number of hydrogen-bond acceptors (Lipinski definition) is 5. The zero-order valence-electron chi connectivity index (χ0n) is 16.3. The number of fused-ring (bicyclic) bond motifs is 1. The van der Waals surface area contributed by atoms with Crippen LogP contribution >= 0.6 is 0 Å². The Morgan fingerprint density at radius 2 is 1.89 bits per heavy atom. The van der Waals surface area contributed by atoms with Crippen LogP contribution in [0.1, 0.15) is 18.7 Å². The molecule has 1 aromatic heterocycles. The van der Waals surface area contributed by atoms with E-state index >= 15 is 0 Å². The molecule has 1 aromatic carbocycles. The normalized spacial score (nSPS) is 15.9. The van der Waals surface area contributed by atoms with Crippen molar-refractivity contribution in [3.05, 3.63) is 40.4 Å². The smallest absolute Gasteiger partial charge is 0.261 e. The van der Waals surface area contributed by atoms with Gasteiger partial charge in [-0.25, -0.2) is 4.98 Å². The fourth-order valence-electron chi connectivity index (χ4n) is 3.42. The molecule has 27 heavy (non-hydrogen) atoms. The maximum atomic E-state index is 12.6. The number of para-hydroxylation sites is 1. The number of likely N-dealkylation sites (N-methyl/N-ethyl adjacent to an activating group) is 1. The number of unbranched alkanes of at least 4 members (excludes halogenated alkanes) is 1. The van der Waals surface area contributed by atoms with Crippen molar-refractivity contribution < 1.29 is 4.79 Å². The number of hydrogen-bond donors (Lipinski definition) is 1. The molecule has 7 heteroatoms. The molecule has 2 heterocycles. The van der Waals surface area contributed by atoms with E-state index in [1.807, 2.05) is 18.2 Å². The van der Waals surface area contributed by atoms with E-state index in [2.05, 4.69) is 27.1 Å². The van der Waals surface area contributed by atoms with Crippen LogP contribution in [0, 0.1) is 6.92 Å². The summed E-state index contributed by atoms with van der Waals surface area (Å²) in [5.41, 5.74) is 0.504. The highest BCUT2D eigenvalue weighted by Crippen LogP contribution is 2.07. The molecule has 146 valence electrons. The van der Waals surface area contributed by atoms with E-state index in [0.717, 1.165) is 45.6 Å². The number of piperazine rings is 1. The first kappa shape index (κ1) is 19.5. The van der Waals surface area contributed by atoms with Crippen molar-refractivity contribution in [2.75, 3.05) is 46.3 Å². The van der Waals surface area contributed by atoms with E-state index in [1.54, 1.807) is 13.0 Å². The summed E-state index contributed by atoms with van der Waals surface area (Å²) in [6, 6.07) is 7.23. The molecule has 1 saturated heterocycles. The molecular weight excluding hydrogens is 342 g/mol. The van der Waals surface area contributed by atoms with Crippen LogP contribution < -0.4 is 10.9 Å². The monoisotopic (exact) mass is 371 g/mol. The second-order valence-electron chi connectivity index (χ2n) is 7.27. The molecule has 0 bridgehead atoms. The quantitative estimate of drug-likeness (QED) is 0.731. The Balaban J connectivity index is 1.44. The predicted molar refractivity (Wildman–Crippen MR) is 107 cm³/mol. The maximum absolute atomic E-state index is 12.6. The van der Waals surface area contributed by atoms with Gasteiger partial charge in [-0.15, -0.1) is 0 Å². The van der Waals surface area contributed by atoms with Crippen LogP contribution in [0.25, 0.3) is 10.9 Å². The number of aromatic nitrogens is 2. The number of amides is 1. The summed E-state index contributed by atoms with van der Waals surface area (Å²) in [6.45, 7) is 8.01. The first-order valence-corrected chi connectivity index (χ1v) is 9.68. The molecule has 1 amide bonds. The molecule has 7 nitrogen and oxygen atoms in total. The molecule has 3 rings (SSSR count). The highest BCUT2D eigenvalue weighted by atomic mass is 16.2. The Morgan fingerprint density at radius 3 is 2.67 bits per heavy atom. The molecule has 0 atom stereocenters. The lowest BCUT2D eigenvalue weighted by molar-refractivity contribution is -0.121. The molecule has 2 aromatic rings. The summed E-state index contributed by atoms with van der Waals surface area (Å²) >= 11 is 0. The van der Waals surface area contributed by atoms with Crippen LogP contribution in [0.4, 0.5) is 0 Å². The summed E-state index contributed by atoms with van der Waals surface area (Å²) in [7, 11) is 2.16. The van der Waals surface area contributed by atoms with Crippen LogP contribution in [0.3, 0.4) is 0 Å². The third-order valence-corrected chi connectivity index (χ3v) is 5.17. The first-order valence-electron chi connectivity index (χ1n) is 9.68. The van der Waals surface area contributed by atoms with Gasteiger partial charge in [0.25, 0.3) is 5.56 Å². The summed E-state index contributed by atoms with van der Waals surface area (Å²) in [5.74, 6) is 0.417. The van der Waals surface area contributed by atoms with Crippen molar-refractivity contribution in [2.45, 2.75) is 26.3 Å². The maximum Gasteiger partial charge on any atom is 0.261 e. The SMILES string of the molecule is Cc1nc2ccccc2c(=O)n1CC(=O)NCCCCN1CCN(C)CC1. The van der Waals surface area contributed by atoms with Crippen LogP contribution in [0.15, 0.2) is 29.1 Å². The summed E-state index contributed by atoms with van der Waals surface area (Å²) in [6.07, 6.45) is 2.02. The minimum Gasteiger partial charge on any atom is -0.355 e. The number of carbonyl (C=O) groups is 1. The van der Waals surface area contributed by atoms with Gasteiger partial charge < -0.3 is 15.1 Å². The Kier molecular flexibility index (Phi) is 6.58. The van der Waals surface area contributed by atoms with Gasteiger partial charge in [0.05, 0.1) is 10.9 Å². The number of nitrogens with zero attached hydrogens (tertiary/aromatic N) is 4. The van der Waals surface area contributed by atoms with E-state index in [1.165, 1.54) is 4.57 Å². The van der Waals surface area contributed by atoms with E-state index in [4.69, 9.17) is 0 Å². The van der Waals surface area contributed by atoms with E-state index < -0.39 is 0 Å². The number of rotatable bonds is 7. The van der Waals surface area contributed by atoms with Crippen molar-refractivity contribution in [3.8, 4) is 0 Å². The highest BCUT2D eigenvalue weighted by molar-refractivity contribution is 5.79. The third kappa shape index (κ3) is 5.14. The minimum absolute atomic E-state index is 0.0148. The highest BCUT2D eigenvalue weighted by Gasteiger charge is 2.13. The summed E-state index contributed by atoms with van der Waals surface area (Å²) < 4.78 is 1.45. The fraction of sp³-hybridized carbons (Fsp3) is 0.550. The van der Waals surface area contributed by atoms with Crippen molar-refractivity contribution in [1.82, 2.24) is 24.7 Å². The predicted octanol–water partition coefficient (Wildman–Crippen LogP) is 0.849. The molecule has 0 saturated carbocycles. The van der Waals surface area contributed by atoms with E-state index in [9.17, 15) is 9.59 Å². The number of benzene rings is 1. The van der Waals surface area contributed by atoms with Gasteiger partial charge >= 0.3 is 0 Å². The average molecular weight is 371 g/mol. The molecule has 0 unspecified atom stereocenters. The Bertz CT molecular complexity index is 840. The molecule has 1 fully saturated rings. The number of carbonyl (C=O) groups excluding carboxylic acids is 1. The first-order chi connectivity index (χ1) is 13.0. The van der Waals surface area contributed by atoms with Crippen molar-refractivity contribution in [3.63, 3.8) is 0 Å². The number of aryl methyl sites for hydroxylation is 1. The summed E-state index contributed by atoms with van der Waals surface area (Å²) in [4.78, 5) is 34.1. The van der Waals surface area contributed by atoms with Crippen molar-refractivity contribution in [2.24, 2.45) is 0 Å². The lowest BCUT2D eigenvalue weighted by Gasteiger charge is -2.32. The Labute approximate surface area is 160 Å². The van der Waals surface area contributed by atoms with Gasteiger partial charge in [-0.1, -0.05) is 12.1 Å². The van der Waals surface area contributed by atoms with Gasteiger partial charge in [0.15, 0.2) is 0 Å². The second kappa shape index (κ2) is 9.10. The lowest BCUT2D eigenvalue weighted by Crippen LogP contribution is -2.44. The molecule has 1 aliphatic rings. The zero-order valence-corrected chi connectivity index (χ0v) is 16.3. The van der Waals surface area contributed by atoms with Gasteiger partial charge in [-0.05, 0) is 45.5 Å². The molecule has 0 spiro atoms. The van der Waals surface area contributed by atoms with Crippen LogP contribution in [0.2, 0.25) is 0 Å². The average Bonchev–Trinajstić information content (AvgIpc) is 2.66.